The summed E-state index contributed by atoms with van der Waals surface area (Å²) in [5, 5.41) is 22.8. The van der Waals surface area contributed by atoms with E-state index in [1.807, 2.05) is 6.07 Å². The molecule has 2 aromatic rings. The predicted octanol–water partition coefficient (Wildman–Crippen LogP) is 1.70. The number of methoxy groups -OCH3 is 1. The van der Waals surface area contributed by atoms with Crippen molar-refractivity contribution in [3.63, 3.8) is 0 Å². The van der Waals surface area contributed by atoms with E-state index in [1.54, 1.807) is 55.6 Å². The van der Waals surface area contributed by atoms with Crippen molar-refractivity contribution in [3.05, 3.63) is 71.3 Å². The molecule has 1 atom stereocenters. The molecule has 29 heavy (non-hydrogen) atoms. The van der Waals surface area contributed by atoms with Gasteiger partial charge in [0.25, 0.3) is 11.7 Å². The summed E-state index contributed by atoms with van der Waals surface area (Å²) >= 11 is 0. The summed E-state index contributed by atoms with van der Waals surface area (Å²) < 4.78 is 5.19. The summed E-state index contributed by atoms with van der Waals surface area (Å²) in [5.41, 5.74) is 1.24. The van der Waals surface area contributed by atoms with Gasteiger partial charge in [-0.25, -0.2) is 0 Å². The van der Waals surface area contributed by atoms with Gasteiger partial charge in [-0.15, -0.1) is 0 Å². The molecule has 3 N–H and O–H groups in total. The predicted molar refractivity (Wildman–Crippen MR) is 108 cm³/mol. The average Bonchev–Trinajstić information content (AvgIpc) is 3.01. The molecule has 0 radical (unpaired) electrons. The van der Waals surface area contributed by atoms with Crippen LogP contribution in [0.25, 0.3) is 5.76 Å². The summed E-state index contributed by atoms with van der Waals surface area (Å²) in [6.45, 7) is 1.04. The van der Waals surface area contributed by atoms with Crippen molar-refractivity contribution in [2.45, 2.75) is 6.04 Å². The first kappa shape index (κ1) is 20.6. The van der Waals surface area contributed by atoms with Gasteiger partial charge >= 0.3 is 0 Å². The molecule has 7 heteroatoms. The van der Waals surface area contributed by atoms with Gasteiger partial charge in [-0.2, -0.15) is 0 Å². The maximum absolute atomic E-state index is 12.8. The second-order valence-electron chi connectivity index (χ2n) is 6.61. The van der Waals surface area contributed by atoms with Gasteiger partial charge in [0.05, 0.1) is 25.3 Å². The summed E-state index contributed by atoms with van der Waals surface area (Å²) in [6, 6.07) is 15.1. The van der Waals surface area contributed by atoms with Gasteiger partial charge in [0.2, 0.25) is 0 Å². The molecule has 2 aromatic carbocycles. The highest BCUT2D eigenvalue weighted by atomic mass is 16.5. The summed E-state index contributed by atoms with van der Waals surface area (Å²) in [6.07, 6.45) is 0. The number of Topliss-reactive ketones (excluding diaryl/α,β-unsaturated/α-hetero) is 1. The van der Waals surface area contributed by atoms with Crippen molar-refractivity contribution in [2.75, 3.05) is 33.4 Å². The number of nitrogens with one attached hydrogen (secondary N) is 1. The van der Waals surface area contributed by atoms with Crippen LogP contribution < -0.4 is 10.1 Å². The fraction of sp³-hybridized carbons (Fsp3) is 0.273. The number of aliphatic hydroxyl groups is 2. The van der Waals surface area contributed by atoms with Crippen molar-refractivity contribution in [2.24, 2.45) is 0 Å². The number of carbonyl (C=O) groups is 2. The van der Waals surface area contributed by atoms with E-state index < -0.39 is 17.7 Å². The number of likely N-dealkylation sites (tertiary alicyclic amines) is 1. The van der Waals surface area contributed by atoms with Crippen molar-refractivity contribution < 1.29 is 24.5 Å². The molecule has 1 amide bonds. The minimum atomic E-state index is -0.714. The molecule has 0 aromatic heterocycles. The Morgan fingerprint density at radius 3 is 2.38 bits per heavy atom. The van der Waals surface area contributed by atoms with Crippen molar-refractivity contribution in [1.29, 1.82) is 0 Å². The molecule has 1 aliphatic rings. The van der Waals surface area contributed by atoms with Gasteiger partial charge in [0, 0.05) is 25.2 Å². The molecule has 0 bridgehead atoms. The first-order valence-electron chi connectivity index (χ1n) is 9.37. The summed E-state index contributed by atoms with van der Waals surface area (Å²) in [5.74, 6) is -0.919. The monoisotopic (exact) mass is 396 g/mol. The van der Waals surface area contributed by atoms with Crippen LogP contribution in [-0.2, 0) is 9.59 Å². The lowest BCUT2D eigenvalue weighted by molar-refractivity contribution is -0.139. The maximum atomic E-state index is 12.8. The van der Waals surface area contributed by atoms with Gasteiger partial charge in [-0.05, 0) is 17.7 Å². The Morgan fingerprint density at radius 2 is 1.76 bits per heavy atom. The summed E-state index contributed by atoms with van der Waals surface area (Å²) in [4.78, 5) is 27.0. The Bertz CT molecular complexity index is 893. The molecule has 3 rings (SSSR count). The van der Waals surface area contributed by atoms with Gasteiger partial charge in [-0.1, -0.05) is 42.5 Å². The second-order valence-corrected chi connectivity index (χ2v) is 6.61. The van der Waals surface area contributed by atoms with E-state index in [-0.39, 0.29) is 24.5 Å². The Kier molecular flexibility index (Phi) is 6.64. The minimum Gasteiger partial charge on any atom is -0.507 e. The Morgan fingerprint density at radius 1 is 1.07 bits per heavy atom. The van der Waals surface area contributed by atoms with Gasteiger partial charge in [-0.3, -0.25) is 9.59 Å². The molecule has 0 aliphatic carbocycles. The van der Waals surface area contributed by atoms with Crippen molar-refractivity contribution in [3.8, 4) is 5.75 Å². The molecular formula is C22H24N2O5. The minimum absolute atomic E-state index is 0.0191. The second kappa shape index (κ2) is 9.36. The topological polar surface area (TPSA) is 99.1 Å². The number of benzene rings is 2. The van der Waals surface area contributed by atoms with Crippen LogP contribution in [0.4, 0.5) is 0 Å². The van der Waals surface area contributed by atoms with Crippen molar-refractivity contribution >= 4 is 17.4 Å². The van der Waals surface area contributed by atoms with Crippen LogP contribution in [-0.4, -0.2) is 60.2 Å². The number of rotatable bonds is 8. The van der Waals surface area contributed by atoms with Crippen LogP contribution in [0.1, 0.15) is 17.2 Å². The standard InChI is InChI=1S/C22H24N2O5/c1-29-17-9-7-15(8-10-17)19-18(20(26)16-5-3-2-4-6-16)21(27)22(28)24(19)13-11-23-12-14-25/h2-10,19,23,25-26H,11-14H2,1H3/b20-18+. The fourth-order valence-electron chi connectivity index (χ4n) is 3.40. The number of nitrogens with zero attached hydrogens (tertiary/aromatic N) is 1. The number of hydrogen-bond acceptors (Lipinski definition) is 6. The highest BCUT2D eigenvalue weighted by Gasteiger charge is 2.45. The zero-order valence-electron chi connectivity index (χ0n) is 16.2. The number of ether oxygens (including phenoxy) is 1. The molecular weight excluding hydrogens is 372 g/mol. The van der Waals surface area contributed by atoms with E-state index >= 15 is 0 Å². The third-order valence-corrected chi connectivity index (χ3v) is 4.84. The molecule has 1 saturated heterocycles. The van der Waals surface area contributed by atoms with E-state index in [2.05, 4.69) is 5.32 Å². The molecule has 152 valence electrons. The van der Waals surface area contributed by atoms with Crippen LogP contribution >= 0.6 is 0 Å². The van der Waals surface area contributed by atoms with E-state index in [1.165, 1.54) is 4.90 Å². The van der Waals surface area contributed by atoms with E-state index in [9.17, 15) is 14.7 Å². The third kappa shape index (κ3) is 4.31. The molecule has 1 unspecified atom stereocenters. The number of aliphatic hydroxyl groups excluding tert-OH is 2. The molecule has 7 nitrogen and oxygen atoms in total. The largest absolute Gasteiger partial charge is 0.507 e. The van der Waals surface area contributed by atoms with Gasteiger partial charge in [0.1, 0.15) is 11.5 Å². The van der Waals surface area contributed by atoms with Gasteiger partial charge in [0.15, 0.2) is 0 Å². The van der Waals surface area contributed by atoms with Crippen LogP contribution in [0.3, 0.4) is 0 Å². The lowest BCUT2D eigenvalue weighted by Crippen LogP contribution is -2.36. The number of hydrogen-bond donors (Lipinski definition) is 3. The lowest BCUT2D eigenvalue weighted by Gasteiger charge is -2.25. The fourth-order valence-corrected chi connectivity index (χ4v) is 3.40. The molecule has 1 heterocycles. The Hall–Kier alpha value is -3.16. The number of ketones is 1. The lowest BCUT2D eigenvalue weighted by atomic mass is 9.95. The highest BCUT2D eigenvalue weighted by molar-refractivity contribution is 6.46. The highest BCUT2D eigenvalue weighted by Crippen LogP contribution is 2.39. The van der Waals surface area contributed by atoms with E-state index in [0.29, 0.717) is 30.0 Å². The zero-order valence-corrected chi connectivity index (χ0v) is 16.2. The number of amides is 1. The maximum Gasteiger partial charge on any atom is 0.295 e. The molecule has 0 spiro atoms. The molecule has 1 fully saturated rings. The first-order valence-corrected chi connectivity index (χ1v) is 9.37. The third-order valence-electron chi connectivity index (χ3n) is 4.84. The van der Waals surface area contributed by atoms with Crippen LogP contribution in [0.15, 0.2) is 60.2 Å². The average molecular weight is 396 g/mol. The van der Waals surface area contributed by atoms with Crippen LogP contribution in [0.2, 0.25) is 0 Å². The molecule has 1 aliphatic heterocycles. The smallest absolute Gasteiger partial charge is 0.295 e. The van der Waals surface area contributed by atoms with Crippen LogP contribution in [0, 0.1) is 0 Å². The SMILES string of the molecule is COc1ccc(C2/C(=C(\O)c3ccccc3)C(=O)C(=O)N2CCNCCO)cc1. The molecule has 0 saturated carbocycles. The summed E-state index contributed by atoms with van der Waals surface area (Å²) in [7, 11) is 1.56. The Balaban J connectivity index is 2.04. The number of carbonyl (C=O) groups excluding carboxylic acids is 2. The normalized spacial score (nSPS) is 18.3. The quantitative estimate of drug-likeness (QED) is 0.272. The van der Waals surface area contributed by atoms with Crippen molar-refractivity contribution in [1.82, 2.24) is 10.2 Å². The van der Waals surface area contributed by atoms with E-state index in [0.717, 1.165) is 0 Å². The Labute approximate surface area is 169 Å². The van der Waals surface area contributed by atoms with Crippen LogP contribution in [0.5, 0.6) is 5.75 Å². The zero-order chi connectivity index (χ0) is 20.8. The first-order chi connectivity index (χ1) is 14.1. The van der Waals surface area contributed by atoms with E-state index in [4.69, 9.17) is 9.84 Å². The van der Waals surface area contributed by atoms with Gasteiger partial charge < -0.3 is 25.2 Å².